The fourth-order valence-corrected chi connectivity index (χ4v) is 2.59. The molecule has 130 valence electrons. The van der Waals surface area contributed by atoms with Gasteiger partial charge >= 0.3 is 0 Å². The van der Waals surface area contributed by atoms with Gasteiger partial charge in [-0.2, -0.15) is 0 Å². The number of rotatable bonds is 8. The molecule has 0 heterocycles. The Morgan fingerprint density at radius 1 is 1.21 bits per heavy atom. The van der Waals surface area contributed by atoms with E-state index in [0.717, 1.165) is 20.1 Å². The molecular weight excluding hydrogens is 384 g/mol. The largest absolute Gasteiger partial charge is 0.484 e. The molecule has 0 saturated heterocycles. The van der Waals surface area contributed by atoms with E-state index in [2.05, 4.69) is 15.9 Å². The molecule has 7 heteroatoms. The summed E-state index contributed by atoms with van der Waals surface area (Å²) in [5, 5.41) is 1.99. The SMILES string of the molecule is COCCN(CC(F)F)C(=O)COc1ccc2cc(Br)ccc2c1. The summed E-state index contributed by atoms with van der Waals surface area (Å²) in [5.41, 5.74) is 0. The van der Waals surface area contributed by atoms with E-state index in [4.69, 9.17) is 9.47 Å². The van der Waals surface area contributed by atoms with E-state index in [-0.39, 0.29) is 19.8 Å². The van der Waals surface area contributed by atoms with E-state index in [1.165, 1.54) is 7.11 Å². The van der Waals surface area contributed by atoms with E-state index in [1.54, 1.807) is 6.07 Å². The molecular formula is C17H18BrF2NO3. The van der Waals surface area contributed by atoms with Crippen molar-refractivity contribution < 1.29 is 23.0 Å². The van der Waals surface area contributed by atoms with E-state index in [1.807, 2.05) is 30.3 Å². The smallest absolute Gasteiger partial charge is 0.260 e. The zero-order chi connectivity index (χ0) is 17.5. The van der Waals surface area contributed by atoms with Gasteiger partial charge < -0.3 is 14.4 Å². The van der Waals surface area contributed by atoms with Crippen molar-refractivity contribution in [2.24, 2.45) is 0 Å². The minimum absolute atomic E-state index is 0.106. The Morgan fingerprint density at radius 3 is 2.62 bits per heavy atom. The number of benzene rings is 2. The number of fused-ring (bicyclic) bond motifs is 1. The van der Waals surface area contributed by atoms with Crippen LogP contribution in [-0.4, -0.2) is 50.6 Å². The summed E-state index contributed by atoms with van der Waals surface area (Å²) in [6.07, 6.45) is -2.59. The molecule has 0 aliphatic carbocycles. The Hall–Kier alpha value is -1.73. The van der Waals surface area contributed by atoms with Crippen LogP contribution in [0.15, 0.2) is 40.9 Å². The molecule has 0 fully saturated rings. The maximum Gasteiger partial charge on any atom is 0.260 e. The van der Waals surface area contributed by atoms with Crippen LogP contribution in [-0.2, 0) is 9.53 Å². The number of methoxy groups -OCH3 is 1. The average Bonchev–Trinajstić information content (AvgIpc) is 2.56. The summed E-state index contributed by atoms with van der Waals surface area (Å²) in [4.78, 5) is 13.1. The molecule has 0 N–H and O–H groups in total. The molecule has 2 aromatic carbocycles. The molecule has 2 rings (SSSR count). The summed E-state index contributed by atoms with van der Waals surface area (Å²) in [6.45, 7) is -0.617. The Balaban J connectivity index is 1.99. The zero-order valence-electron chi connectivity index (χ0n) is 13.2. The van der Waals surface area contributed by atoms with Crippen LogP contribution in [0.25, 0.3) is 10.8 Å². The molecule has 2 aromatic rings. The number of ether oxygens (including phenoxy) is 2. The van der Waals surface area contributed by atoms with E-state index in [9.17, 15) is 13.6 Å². The van der Waals surface area contributed by atoms with Gasteiger partial charge in [-0.05, 0) is 35.0 Å². The van der Waals surface area contributed by atoms with Gasteiger partial charge in [0.25, 0.3) is 12.3 Å². The summed E-state index contributed by atoms with van der Waals surface area (Å²) >= 11 is 3.40. The van der Waals surface area contributed by atoms with Crippen LogP contribution < -0.4 is 4.74 Å². The Kier molecular flexibility index (Phi) is 6.93. The van der Waals surface area contributed by atoms with Crippen molar-refractivity contribution in [3.63, 3.8) is 0 Å². The lowest BCUT2D eigenvalue weighted by Gasteiger charge is -2.22. The van der Waals surface area contributed by atoms with Crippen LogP contribution in [0.4, 0.5) is 8.78 Å². The summed E-state index contributed by atoms with van der Waals surface area (Å²) in [7, 11) is 1.45. The summed E-state index contributed by atoms with van der Waals surface area (Å²) in [5.74, 6) is 0.0187. The summed E-state index contributed by atoms with van der Waals surface area (Å²) < 4.78 is 36.4. The first-order valence-corrected chi connectivity index (χ1v) is 8.16. The van der Waals surface area contributed by atoms with Gasteiger partial charge in [-0.25, -0.2) is 8.78 Å². The lowest BCUT2D eigenvalue weighted by atomic mass is 10.1. The monoisotopic (exact) mass is 401 g/mol. The van der Waals surface area contributed by atoms with Gasteiger partial charge in [0.05, 0.1) is 13.2 Å². The van der Waals surface area contributed by atoms with Gasteiger partial charge in [0.2, 0.25) is 0 Å². The highest BCUT2D eigenvalue weighted by Gasteiger charge is 2.18. The molecule has 0 bridgehead atoms. The van der Waals surface area contributed by atoms with E-state index in [0.29, 0.717) is 5.75 Å². The van der Waals surface area contributed by atoms with Crippen molar-refractivity contribution >= 4 is 32.6 Å². The minimum Gasteiger partial charge on any atom is -0.484 e. The van der Waals surface area contributed by atoms with Crippen LogP contribution in [0.1, 0.15) is 0 Å². The number of hydrogen-bond acceptors (Lipinski definition) is 3. The van der Waals surface area contributed by atoms with Crippen LogP contribution in [0.5, 0.6) is 5.75 Å². The standard InChI is InChI=1S/C17H18BrF2NO3/c1-23-7-6-21(10-16(19)20)17(22)11-24-15-5-3-12-8-14(18)4-2-13(12)9-15/h2-5,8-9,16H,6-7,10-11H2,1H3. The van der Waals surface area contributed by atoms with Crippen molar-refractivity contribution in [1.82, 2.24) is 4.90 Å². The second-order valence-electron chi connectivity index (χ2n) is 5.17. The Bertz CT molecular complexity index is 697. The second kappa shape index (κ2) is 8.94. The van der Waals surface area contributed by atoms with Crippen LogP contribution in [0.2, 0.25) is 0 Å². The minimum atomic E-state index is -2.59. The molecule has 0 aliphatic heterocycles. The van der Waals surface area contributed by atoms with Gasteiger partial charge in [0.15, 0.2) is 6.61 Å². The predicted octanol–water partition coefficient (Wildman–Crippen LogP) is 3.72. The summed E-state index contributed by atoms with van der Waals surface area (Å²) in [6, 6.07) is 11.2. The molecule has 4 nitrogen and oxygen atoms in total. The van der Waals surface area contributed by atoms with Crippen LogP contribution in [0, 0.1) is 0 Å². The maximum atomic E-state index is 12.6. The molecule has 0 radical (unpaired) electrons. The average molecular weight is 402 g/mol. The number of hydrogen-bond donors (Lipinski definition) is 0. The molecule has 1 amide bonds. The second-order valence-corrected chi connectivity index (χ2v) is 6.08. The fourth-order valence-electron chi connectivity index (χ4n) is 2.21. The Labute approximate surface area is 147 Å². The molecule has 0 atom stereocenters. The highest BCUT2D eigenvalue weighted by atomic mass is 79.9. The Morgan fingerprint density at radius 2 is 1.92 bits per heavy atom. The number of amides is 1. The fraction of sp³-hybridized carbons (Fsp3) is 0.353. The molecule has 0 unspecified atom stereocenters. The van der Waals surface area contributed by atoms with E-state index < -0.39 is 18.9 Å². The van der Waals surface area contributed by atoms with Crippen molar-refractivity contribution in [1.29, 1.82) is 0 Å². The normalized spacial score (nSPS) is 11.0. The molecule has 24 heavy (non-hydrogen) atoms. The third-order valence-corrected chi connectivity index (χ3v) is 3.91. The predicted molar refractivity (Wildman–Crippen MR) is 91.6 cm³/mol. The number of carbonyl (C=O) groups is 1. The first-order valence-electron chi connectivity index (χ1n) is 7.36. The topological polar surface area (TPSA) is 38.8 Å². The van der Waals surface area contributed by atoms with Crippen molar-refractivity contribution in [3.05, 3.63) is 40.9 Å². The zero-order valence-corrected chi connectivity index (χ0v) is 14.8. The molecule has 0 aromatic heterocycles. The van der Waals surface area contributed by atoms with Crippen molar-refractivity contribution in [2.75, 3.05) is 33.4 Å². The van der Waals surface area contributed by atoms with Crippen molar-refractivity contribution in [2.45, 2.75) is 6.43 Å². The molecule has 0 saturated carbocycles. The quantitative estimate of drug-likeness (QED) is 0.676. The number of carbonyl (C=O) groups excluding carboxylic acids is 1. The first-order chi connectivity index (χ1) is 11.5. The third kappa shape index (κ3) is 5.42. The first kappa shape index (κ1) is 18.6. The number of nitrogens with zero attached hydrogens (tertiary/aromatic N) is 1. The number of halogens is 3. The third-order valence-electron chi connectivity index (χ3n) is 3.41. The highest BCUT2D eigenvalue weighted by Crippen LogP contribution is 2.24. The van der Waals surface area contributed by atoms with E-state index >= 15 is 0 Å². The molecule has 0 aliphatic rings. The van der Waals surface area contributed by atoms with Crippen LogP contribution >= 0.6 is 15.9 Å². The van der Waals surface area contributed by atoms with Gasteiger partial charge in [0.1, 0.15) is 5.75 Å². The van der Waals surface area contributed by atoms with Gasteiger partial charge in [-0.15, -0.1) is 0 Å². The lowest BCUT2D eigenvalue weighted by Crippen LogP contribution is -2.40. The van der Waals surface area contributed by atoms with Crippen molar-refractivity contribution in [3.8, 4) is 5.75 Å². The highest BCUT2D eigenvalue weighted by molar-refractivity contribution is 9.10. The van der Waals surface area contributed by atoms with Gasteiger partial charge in [0, 0.05) is 18.1 Å². The van der Waals surface area contributed by atoms with Crippen LogP contribution in [0.3, 0.4) is 0 Å². The van der Waals surface area contributed by atoms with Gasteiger partial charge in [-0.3, -0.25) is 4.79 Å². The maximum absolute atomic E-state index is 12.6. The number of alkyl halides is 2. The molecule has 0 spiro atoms. The lowest BCUT2D eigenvalue weighted by molar-refractivity contribution is -0.136. The van der Waals surface area contributed by atoms with Gasteiger partial charge in [-0.1, -0.05) is 28.1 Å².